The minimum atomic E-state index is -1.45. The smallest absolute Gasteiger partial charge is 0.183 e. The van der Waals surface area contributed by atoms with E-state index in [0.717, 1.165) is 11.0 Å². The first-order chi connectivity index (χ1) is 21.6. The lowest BCUT2D eigenvalue weighted by Gasteiger charge is -2.16. The monoisotopic (exact) mass is 772 g/mol. The molecule has 266 valence electrons. The summed E-state index contributed by atoms with van der Waals surface area (Å²) in [6.07, 6.45) is 0. The van der Waals surface area contributed by atoms with Gasteiger partial charge in [-0.2, -0.15) is 0 Å². The Morgan fingerprint density at radius 3 is 0.591 bits per heavy atom. The molecule has 0 aliphatic rings. The lowest BCUT2D eigenvalue weighted by atomic mass is 10.6. The second-order valence-electron chi connectivity index (χ2n) is 10.00. The van der Waals surface area contributed by atoms with E-state index >= 15 is 0 Å². The van der Waals surface area contributed by atoms with Crippen LogP contribution < -0.4 is 0 Å². The number of hydrogen-bond acceptors (Lipinski definition) is 13. The van der Waals surface area contributed by atoms with Crippen LogP contribution in [0.4, 0.5) is 0 Å². The third kappa shape index (κ3) is 42.4. The van der Waals surface area contributed by atoms with Gasteiger partial charge in [0.15, 0.2) is 8.32 Å². The molecular weight excluding hydrogens is 711 g/mol. The van der Waals surface area contributed by atoms with Gasteiger partial charge in [0, 0.05) is 4.43 Å². The molecule has 0 N–H and O–H groups in total. The number of ether oxygens (including phenoxy) is 12. The summed E-state index contributed by atoms with van der Waals surface area (Å²) in [6.45, 7) is 20.4. The average molecular weight is 773 g/mol. The maximum Gasteiger partial charge on any atom is 0.183 e. The van der Waals surface area contributed by atoms with Crippen molar-refractivity contribution in [2.24, 2.45) is 0 Å². The Hall–Kier alpha value is 0.427. The number of hydrogen-bond donors (Lipinski definition) is 0. The molecule has 0 aliphatic heterocycles. The minimum Gasteiger partial charge on any atom is -0.415 e. The number of alkyl halides is 1. The van der Waals surface area contributed by atoms with Crippen molar-refractivity contribution in [2.45, 2.75) is 19.6 Å². The van der Waals surface area contributed by atoms with Gasteiger partial charge in [0.2, 0.25) is 0 Å². The summed E-state index contributed by atoms with van der Waals surface area (Å²) in [5.41, 5.74) is 0. The van der Waals surface area contributed by atoms with E-state index < -0.39 is 8.32 Å². The van der Waals surface area contributed by atoms with Crippen LogP contribution in [0.3, 0.4) is 0 Å². The van der Waals surface area contributed by atoms with Gasteiger partial charge < -0.3 is 61.3 Å². The molecule has 0 radical (unpaired) electrons. The Balaban J connectivity index is 3.05. The van der Waals surface area contributed by atoms with Crippen LogP contribution in [0.25, 0.3) is 0 Å². The molecular formula is C29H61IO13Si. The highest BCUT2D eigenvalue weighted by molar-refractivity contribution is 14.1. The van der Waals surface area contributed by atoms with Gasteiger partial charge >= 0.3 is 0 Å². The van der Waals surface area contributed by atoms with Gasteiger partial charge in [-0.15, -0.1) is 0 Å². The van der Waals surface area contributed by atoms with Gasteiger partial charge in [0.1, 0.15) is 0 Å². The zero-order valence-electron chi connectivity index (χ0n) is 27.6. The maximum absolute atomic E-state index is 5.72. The lowest BCUT2D eigenvalue weighted by Crippen LogP contribution is -2.27. The van der Waals surface area contributed by atoms with E-state index in [9.17, 15) is 0 Å². The zero-order valence-corrected chi connectivity index (χ0v) is 30.7. The molecule has 13 nitrogen and oxygen atoms in total. The predicted octanol–water partition coefficient (Wildman–Crippen LogP) is 2.47. The van der Waals surface area contributed by atoms with Crippen LogP contribution in [-0.2, 0) is 61.3 Å². The maximum atomic E-state index is 5.72. The summed E-state index contributed by atoms with van der Waals surface area (Å²) in [5.74, 6) is 0. The summed E-state index contributed by atoms with van der Waals surface area (Å²) in [4.78, 5) is 0. The number of halogens is 1. The van der Waals surface area contributed by atoms with Crippen LogP contribution in [0.15, 0.2) is 0 Å². The molecule has 0 unspecified atom stereocenters. The Bertz CT molecular complexity index is 536. The van der Waals surface area contributed by atoms with Crippen molar-refractivity contribution in [2.75, 3.05) is 170 Å². The van der Waals surface area contributed by atoms with E-state index in [1.54, 1.807) is 0 Å². The van der Waals surface area contributed by atoms with E-state index in [4.69, 9.17) is 61.3 Å². The highest BCUT2D eigenvalue weighted by Gasteiger charge is 2.13. The van der Waals surface area contributed by atoms with Crippen LogP contribution in [-0.4, -0.2) is 178 Å². The molecule has 0 atom stereocenters. The standard InChI is InChI=1S/C29H61IO13Si/c1-44(2,3)43-29-28-42-27-26-41-25-24-40-23-22-39-21-20-38-19-18-37-17-16-36-15-14-35-13-12-34-11-10-33-9-8-32-7-6-31-5-4-30/h4-29H2,1-3H3. The van der Waals surface area contributed by atoms with Gasteiger partial charge in [-0.3, -0.25) is 0 Å². The molecule has 0 rings (SSSR count). The van der Waals surface area contributed by atoms with Crippen molar-refractivity contribution < 1.29 is 61.3 Å². The van der Waals surface area contributed by atoms with Gasteiger partial charge in [-0.1, -0.05) is 22.6 Å². The molecule has 0 aromatic carbocycles. The van der Waals surface area contributed by atoms with Crippen LogP contribution >= 0.6 is 22.6 Å². The largest absolute Gasteiger partial charge is 0.415 e. The van der Waals surface area contributed by atoms with Gasteiger partial charge in [0.25, 0.3) is 0 Å². The molecule has 0 saturated heterocycles. The van der Waals surface area contributed by atoms with E-state index in [0.29, 0.717) is 159 Å². The van der Waals surface area contributed by atoms with Gasteiger partial charge in [-0.25, -0.2) is 0 Å². The van der Waals surface area contributed by atoms with Crippen molar-refractivity contribution >= 4 is 30.9 Å². The van der Waals surface area contributed by atoms with Crippen molar-refractivity contribution in [3.05, 3.63) is 0 Å². The average Bonchev–Trinajstić information content (AvgIpc) is 3.00. The van der Waals surface area contributed by atoms with Crippen molar-refractivity contribution in [1.82, 2.24) is 0 Å². The van der Waals surface area contributed by atoms with E-state index in [2.05, 4.69) is 42.2 Å². The topological polar surface area (TPSA) is 120 Å². The second-order valence-corrected chi connectivity index (χ2v) is 15.6. The Morgan fingerprint density at radius 1 is 0.273 bits per heavy atom. The first kappa shape index (κ1) is 44.4. The van der Waals surface area contributed by atoms with E-state index in [-0.39, 0.29) is 0 Å². The van der Waals surface area contributed by atoms with Crippen LogP contribution in [0, 0.1) is 0 Å². The van der Waals surface area contributed by atoms with Gasteiger partial charge in [-0.05, 0) is 19.6 Å². The normalized spacial score (nSPS) is 12.0. The molecule has 0 spiro atoms. The first-order valence-electron chi connectivity index (χ1n) is 15.7. The predicted molar refractivity (Wildman–Crippen MR) is 178 cm³/mol. The fourth-order valence-corrected chi connectivity index (χ4v) is 3.99. The molecule has 0 fully saturated rings. The summed E-state index contributed by atoms with van der Waals surface area (Å²) >= 11 is 2.28. The quantitative estimate of drug-likeness (QED) is 0.0395. The van der Waals surface area contributed by atoms with Gasteiger partial charge in [0.05, 0.1) is 165 Å². The third-order valence-corrected chi connectivity index (χ3v) is 6.59. The lowest BCUT2D eigenvalue weighted by molar-refractivity contribution is -0.0284. The second kappa shape index (κ2) is 37.9. The Morgan fingerprint density at radius 2 is 0.432 bits per heavy atom. The summed E-state index contributed by atoms with van der Waals surface area (Å²) in [5, 5.41) is 0. The summed E-state index contributed by atoms with van der Waals surface area (Å²) < 4.78 is 72.1. The molecule has 0 heterocycles. The van der Waals surface area contributed by atoms with E-state index in [1.165, 1.54) is 0 Å². The van der Waals surface area contributed by atoms with Crippen LogP contribution in [0.2, 0.25) is 19.6 Å². The van der Waals surface area contributed by atoms with Crippen molar-refractivity contribution in [1.29, 1.82) is 0 Å². The highest BCUT2D eigenvalue weighted by Crippen LogP contribution is 2.01. The van der Waals surface area contributed by atoms with Crippen LogP contribution in [0.1, 0.15) is 0 Å². The van der Waals surface area contributed by atoms with E-state index in [1.807, 2.05) is 0 Å². The molecule has 0 aromatic heterocycles. The Labute approximate surface area is 280 Å². The summed E-state index contributed by atoms with van der Waals surface area (Å²) in [6, 6.07) is 0. The number of rotatable bonds is 39. The zero-order chi connectivity index (χ0) is 32.1. The molecule has 15 heteroatoms. The van der Waals surface area contributed by atoms with Crippen molar-refractivity contribution in [3.63, 3.8) is 0 Å². The molecule has 0 bridgehead atoms. The Kier molecular flexibility index (Phi) is 38.2. The summed E-state index contributed by atoms with van der Waals surface area (Å²) in [7, 11) is -1.45. The minimum absolute atomic E-state index is 0.516. The molecule has 44 heavy (non-hydrogen) atoms. The first-order valence-corrected chi connectivity index (χ1v) is 20.6. The molecule has 0 aromatic rings. The van der Waals surface area contributed by atoms with Crippen LogP contribution in [0.5, 0.6) is 0 Å². The fraction of sp³-hybridized carbons (Fsp3) is 1.00. The SMILES string of the molecule is C[Si](C)(C)OCCOCCOCCOCCOCCOCCOCCOCCOCCOCCOCCOCCOCCI. The third-order valence-electron chi connectivity index (χ3n) is 5.08. The molecule has 0 amide bonds. The fourth-order valence-electron chi connectivity index (χ4n) is 2.98. The highest BCUT2D eigenvalue weighted by atomic mass is 127. The van der Waals surface area contributed by atoms with Crippen molar-refractivity contribution in [3.8, 4) is 0 Å². The molecule has 0 aliphatic carbocycles. The molecule has 0 saturated carbocycles.